The van der Waals surface area contributed by atoms with E-state index in [1.807, 2.05) is 18.3 Å². The van der Waals surface area contributed by atoms with Crippen molar-refractivity contribution >= 4 is 28.6 Å². The first kappa shape index (κ1) is 25.9. The maximum absolute atomic E-state index is 11.0. The average molecular weight is 539 g/mol. The van der Waals surface area contributed by atoms with E-state index in [9.17, 15) is 4.79 Å². The number of rotatable bonds is 4. The largest absolute Gasteiger partial charge is 0.465 e. The Kier molecular flexibility index (Phi) is 7.10. The highest BCUT2D eigenvalue weighted by molar-refractivity contribution is 5.89. The number of carbonyl (C=O) groups is 1. The predicted molar refractivity (Wildman–Crippen MR) is 143 cm³/mol. The lowest BCUT2D eigenvalue weighted by Crippen LogP contribution is -2.43. The van der Waals surface area contributed by atoms with Gasteiger partial charge in [-0.05, 0) is 49.9 Å². The Balaban J connectivity index is 0.00000135. The zero-order chi connectivity index (χ0) is 27.0. The fourth-order valence-electron chi connectivity index (χ4n) is 6.23. The monoisotopic (exact) mass is 538 g/mol. The molecule has 208 valence electrons. The number of nitrogens with zero attached hydrogens (tertiary/aromatic N) is 5. The van der Waals surface area contributed by atoms with Gasteiger partial charge in [0.15, 0.2) is 17.3 Å². The Labute approximate surface area is 225 Å². The van der Waals surface area contributed by atoms with Gasteiger partial charge >= 0.3 is 6.09 Å². The lowest BCUT2D eigenvalue weighted by Gasteiger charge is -2.35. The van der Waals surface area contributed by atoms with Crippen LogP contribution in [0.1, 0.15) is 44.6 Å². The van der Waals surface area contributed by atoms with Crippen LogP contribution in [0.5, 0.6) is 0 Å². The molecule has 2 atom stereocenters. The standard InChI is InChI=1S/C26H30N6O5.CH4O/c33-25(34)28-17-3-1-16(2-4-17)22-29-23(31-14-19-5-6-20(15-31)37-19)21-13-27-32(24(21)30-22)18-7-9-26(10-8-18)35-11-12-36-26;1-2/h1-4,13,18-20,28H,5-12,14-15H2,(H,33,34);2H,1H3. The number of hydrogen-bond acceptors (Lipinski definition) is 9. The van der Waals surface area contributed by atoms with Crippen molar-refractivity contribution < 1.29 is 29.2 Å². The van der Waals surface area contributed by atoms with E-state index < -0.39 is 11.9 Å². The van der Waals surface area contributed by atoms with Crippen LogP contribution >= 0.6 is 0 Å². The van der Waals surface area contributed by atoms with Crippen molar-refractivity contribution in [3.05, 3.63) is 30.5 Å². The van der Waals surface area contributed by atoms with Gasteiger partial charge in [-0.15, -0.1) is 0 Å². The van der Waals surface area contributed by atoms with E-state index in [0.29, 0.717) is 24.7 Å². The number of fused-ring (bicyclic) bond motifs is 3. The quantitative estimate of drug-likeness (QED) is 0.452. The zero-order valence-electron chi connectivity index (χ0n) is 22.0. The van der Waals surface area contributed by atoms with Crippen LogP contribution < -0.4 is 10.2 Å². The van der Waals surface area contributed by atoms with Crippen molar-refractivity contribution in [1.29, 1.82) is 0 Å². The third-order valence-electron chi connectivity index (χ3n) is 8.05. The maximum atomic E-state index is 11.0. The Morgan fingerprint density at radius 2 is 1.67 bits per heavy atom. The first-order chi connectivity index (χ1) is 19.1. The van der Waals surface area contributed by atoms with Crippen LogP contribution in [0.25, 0.3) is 22.4 Å². The molecule has 7 rings (SSSR count). The molecule has 1 amide bonds. The molecular formula is C27H34N6O6. The number of morpholine rings is 1. The van der Waals surface area contributed by atoms with Crippen LogP contribution in [-0.2, 0) is 14.2 Å². The fourth-order valence-corrected chi connectivity index (χ4v) is 6.23. The normalized spacial score (nSPS) is 24.1. The van der Waals surface area contributed by atoms with Crippen LogP contribution in [0, 0.1) is 0 Å². The van der Waals surface area contributed by atoms with Gasteiger partial charge in [0.1, 0.15) is 5.82 Å². The number of anilines is 2. The maximum Gasteiger partial charge on any atom is 0.409 e. The predicted octanol–water partition coefficient (Wildman–Crippen LogP) is 3.42. The smallest absolute Gasteiger partial charge is 0.409 e. The van der Waals surface area contributed by atoms with E-state index in [1.54, 1.807) is 12.1 Å². The molecule has 0 radical (unpaired) electrons. The molecule has 1 aromatic carbocycles. The van der Waals surface area contributed by atoms with Crippen molar-refractivity contribution in [3.8, 4) is 11.4 Å². The Bertz CT molecular complexity index is 1300. The highest BCUT2D eigenvalue weighted by Gasteiger charge is 2.41. The molecule has 3 aromatic rings. The third-order valence-corrected chi connectivity index (χ3v) is 8.05. The number of aliphatic hydroxyl groups excluding tert-OH is 1. The summed E-state index contributed by atoms with van der Waals surface area (Å²) in [6.07, 6.45) is 6.91. The summed E-state index contributed by atoms with van der Waals surface area (Å²) < 4.78 is 20.0. The summed E-state index contributed by atoms with van der Waals surface area (Å²) in [4.78, 5) is 23.4. The molecule has 3 N–H and O–H groups in total. The molecule has 1 aliphatic carbocycles. The number of ether oxygens (including phenoxy) is 3. The molecule has 2 aromatic heterocycles. The van der Waals surface area contributed by atoms with Crippen molar-refractivity contribution in [1.82, 2.24) is 19.7 Å². The Hall–Kier alpha value is -3.32. The molecule has 4 aliphatic rings. The van der Waals surface area contributed by atoms with Gasteiger partial charge in [-0.1, -0.05) is 0 Å². The number of amides is 1. The molecule has 4 fully saturated rings. The second-order valence-electron chi connectivity index (χ2n) is 10.4. The minimum absolute atomic E-state index is 0.203. The van der Waals surface area contributed by atoms with Gasteiger partial charge in [-0.3, -0.25) is 5.32 Å². The van der Waals surface area contributed by atoms with Crippen LogP contribution in [0.15, 0.2) is 30.5 Å². The van der Waals surface area contributed by atoms with Crippen LogP contribution in [-0.4, -0.2) is 87.5 Å². The molecular weight excluding hydrogens is 504 g/mol. The SMILES string of the molecule is CO.O=C(O)Nc1ccc(-c2nc(N3CC4CCC(C3)O4)c3cnn(C4CCC5(CC4)OCCO5)c3n2)cc1. The van der Waals surface area contributed by atoms with E-state index in [4.69, 9.17) is 39.5 Å². The Morgan fingerprint density at radius 1 is 1.00 bits per heavy atom. The molecule has 1 spiro atoms. The van der Waals surface area contributed by atoms with E-state index in [0.717, 1.165) is 81.1 Å². The highest BCUT2D eigenvalue weighted by Crippen LogP contribution is 2.42. The average Bonchev–Trinajstić information content (AvgIpc) is 3.68. The van der Waals surface area contributed by atoms with Gasteiger partial charge in [0, 0.05) is 44.3 Å². The molecule has 3 saturated heterocycles. The van der Waals surface area contributed by atoms with Crippen LogP contribution in [0.3, 0.4) is 0 Å². The number of aromatic nitrogens is 4. The third kappa shape index (κ3) is 5.05. The number of nitrogens with one attached hydrogen (secondary N) is 1. The summed E-state index contributed by atoms with van der Waals surface area (Å²) in [6.45, 7) is 2.93. The fraction of sp³-hybridized carbons (Fsp3) is 0.556. The number of hydrogen-bond donors (Lipinski definition) is 3. The second-order valence-corrected chi connectivity index (χ2v) is 10.4. The molecule has 1 saturated carbocycles. The van der Waals surface area contributed by atoms with E-state index >= 15 is 0 Å². The molecule has 39 heavy (non-hydrogen) atoms. The summed E-state index contributed by atoms with van der Waals surface area (Å²) in [5.74, 6) is 1.05. The first-order valence-corrected chi connectivity index (χ1v) is 13.5. The van der Waals surface area contributed by atoms with Crippen LogP contribution in [0.2, 0.25) is 0 Å². The molecule has 12 heteroatoms. The zero-order valence-corrected chi connectivity index (χ0v) is 22.0. The van der Waals surface area contributed by atoms with Gasteiger partial charge in [-0.25, -0.2) is 19.4 Å². The van der Waals surface area contributed by atoms with Gasteiger partial charge in [0.25, 0.3) is 0 Å². The molecule has 2 unspecified atom stereocenters. The van der Waals surface area contributed by atoms with E-state index in [-0.39, 0.29) is 18.2 Å². The lowest BCUT2D eigenvalue weighted by molar-refractivity contribution is -0.181. The van der Waals surface area contributed by atoms with Crippen molar-refractivity contribution in [2.75, 3.05) is 43.6 Å². The number of benzene rings is 1. The van der Waals surface area contributed by atoms with Gasteiger partial charge < -0.3 is 29.3 Å². The van der Waals surface area contributed by atoms with Gasteiger partial charge in [0.05, 0.1) is 43.0 Å². The second kappa shape index (κ2) is 10.7. The summed E-state index contributed by atoms with van der Waals surface area (Å²) in [7, 11) is 1.00. The Morgan fingerprint density at radius 3 is 2.31 bits per heavy atom. The lowest BCUT2D eigenvalue weighted by atomic mass is 9.90. The topological polar surface area (TPSA) is 144 Å². The van der Waals surface area contributed by atoms with Gasteiger partial charge in [0.2, 0.25) is 0 Å². The van der Waals surface area contributed by atoms with Crippen molar-refractivity contribution in [2.45, 2.75) is 62.6 Å². The summed E-state index contributed by atoms with van der Waals surface area (Å²) in [5.41, 5.74) is 2.14. The molecule has 2 bridgehead atoms. The summed E-state index contributed by atoms with van der Waals surface area (Å²) in [5, 5.41) is 24.2. The first-order valence-electron chi connectivity index (χ1n) is 13.5. The van der Waals surface area contributed by atoms with E-state index in [2.05, 4.69) is 14.9 Å². The molecule has 3 aliphatic heterocycles. The highest BCUT2D eigenvalue weighted by atomic mass is 16.7. The number of aliphatic hydroxyl groups is 1. The van der Waals surface area contributed by atoms with Crippen molar-refractivity contribution in [2.24, 2.45) is 0 Å². The summed E-state index contributed by atoms with van der Waals surface area (Å²) in [6, 6.07) is 7.35. The number of carboxylic acid groups (broad SMARTS) is 1. The van der Waals surface area contributed by atoms with Crippen LogP contribution in [0.4, 0.5) is 16.3 Å². The minimum atomic E-state index is -1.10. The molecule has 12 nitrogen and oxygen atoms in total. The molecule has 5 heterocycles. The van der Waals surface area contributed by atoms with Gasteiger partial charge in [-0.2, -0.15) is 5.10 Å². The van der Waals surface area contributed by atoms with E-state index in [1.165, 1.54) is 0 Å². The van der Waals surface area contributed by atoms with Crippen molar-refractivity contribution in [3.63, 3.8) is 0 Å². The minimum Gasteiger partial charge on any atom is -0.465 e. The summed E-state index contributed by atoms with van der Waals surface area (Å²) >= 11 is 0.